The van der Waals surface area contributed by atoms with Crippen LogP contribution in [0.3, 0.4) is 0 Å². The summed E-state index contributed by atoms with van der Waals surface area (Å²) >= 11 is 0. The highest BCUT2D eigenvalue weighted by atomic mass is 16.5. The van der Waals surface area contributed by atoms with E-state index in [1.165, 1.54) is 93.9 Å². The highest BCUT2D eigenvalue weighted by Gasteiger charge is 2.25. The number of hydrogen-bond acceptors (Lipinski definition) is 1. The molecule has 0 atom stereocenters. The van der Waals surface area contributed by atoms with Gasteiger partial charge in [0.25, 0.3) is 0 Å². The molecule has 0 saturated carbocycles. The van der Waals surface area contributed by atoms with Gasteiger partial charge in [0.2, 0.25) is 0 Å². The maximum absolute atomic E-state index is 6.92. The normalized spacial score (nSPS) is 12.0. The maximum atomic E-state index is 6.92. The summed E-state index contributed by atoms with van der Waals surface area (Å²) in [6, 6.07) is 62.8. The topological polar surface area (TPSA) is 9.23 Å². The lowest BCUT2D eigenvalue weighted by Crippen LogP contribution is -2.00. The molecule has 0 aliphatic carbocycles. The molecule has 10 rings (SSSR count). The fourth-order valence-electron chi connectivity index (χ4n) is 9.61. The molecule has 1 heterocycles. The quantitative estimate of drug-likeness (QED) is 0.147. The molecule has 0 radical (unpaired) electrons. The molecule has 286 valence electrons. The van der Waals surface area contributed by atoms with E-state index in [-0.39, 0.29) is 0 Å². The molecule has 0 aromatic heterocycles. The van der Waals surface area contributed by atoms with Gasteiger partial charge in [-0.25, -0.2) is 0 Å². The van der Waals surface area contributed by atoms with E-state index in [9.17, 15) is 0 Å². The minimum Gasteiger partial charge on any atom is -0.455 e. The standard InChI is InChI=1S/C58H48O/c1-35(2)47-23-12-24-48(36(3)4)56(47)46-32-44(31-45(33-46)55-37(5)15-9-16-38(55)6)41-20-10-18-39(29-41)40-19-11-21-42(30-40)50-25-13-28-53-52-27-14-26-51-49-22-8-7-17-43(49)34-54(57(51)52)59-58(50)53/h7-36H,1-6H3. The number of hydrogen-bond donors (Lipinski definition) is 0. The van der Waals surface area contributed by atoms with Gasteiger partial charge in [-0.15, -0.1) is 0 Å². The second kappa shape index (κ2) is 14.6. The van der Waals surface area contributed by atoms with Gasteiger partial charge in [-0.2, -0.15) is 0 Å². The Labute approximate surface area is 348 Å². The first kappa shape index (κ1) is 36.6. The number of ether oxygens (including phenoxy) is 1. The zero-order chi connectivity index (χ0) is 40.4. The molecule has 0 N–H and O–H groups in total. The van der Waals surface area contributed by atoms with Crippen molar-refractivity contribution in [2.45, 2.75) is 53.4 Å². The van der Waals surface area contributed by atoms with Crippen LogP contribution < -0.4 is 4.74 Å². The molecule has 9 aromatic carbocycles. The van der Waals surface area contributed by atoms with Crippen molar-refractivity contribution in [2.24, 2.45) is 0 Å². The van der Waals surface area contributed by atoms with Crippen molar-refractivity contribution in [3.8, 4) is 78.3 Å². The summed E-state index contributed by atoms with van der Waals surface area (Å²) in [5.41, 5.74) is 19.9. The van der Waals surface area contributed by atoms with Gasteiger partial charge in [-0.3, -0.25) is 0 Å². The fourth-order valence-corrected chi connectivity index (χ4v) is 9.61. The summed E-state index contributed by atoms with van der Waals surface area (Å²) < 4.78 is 6.92. The summed E-state index contributed by atoms with van der Waals surface area (Å²) in [6.07, 6.45) is 0. The third-order valence-electron chi connectivity index (χ3n) is 12.4. The number of aryl methyl sites for hydroxylation is 2. The Morgan fingerprint density at radius 1 is 0.373 bits per heavy atom. The van der Waals surface area contributed by atoms with Crippen molar-refractivity contribution < 1.29 is 4.74 Å². The van der Waals surface area contributed by atoms with Crippen LogP contribution in [-0.2, 0) is 0 Å². The van der Waals surface area contributed by atoms with Crippen molar-refractivity contribution >= 4 is 21.5 Å². The van der Waals surface area contributed by atoms with Gasteiger partial charge in [-0.1, -0.05) is 161 Å². The highest BCUT2D eigenvalue weighted by Crippen LogP contribution is 2.52. The molecule has 0 unspecified atom stereocenters. The first-order valence-corrected chi connectivity index (χ1v) is 21.1. The maximum Gasteiger partial charge on any atom is 0.143 e. The molecule has 59 heavy (non-hydrogen) atoms. The minimum atomic E-state index is 0.399. The zero-order valence-corrected chi connectivity index (χ0v) is 34.7. The molecule has 1 aliphatic heterocycles. The lowest BCUT2D eigenvalue weighted by atomic mass is 9.82. The van der Waals surface area contributed by atoms with Crippen LogP contribution in [-0.4, -0.2) is 0 Å². The lowest BCUT2D eigenvalue weighted by molar-refractivity contribution is 0.489. The first-order valence-electron chi connectivity index (χ1n) is 21.1. The summed E-state index contributed by atoms with van der Waals surface area (Å²) in [6.45, 7) is 13.7. The molecule has 0 amide bonds. The van der Waals surface area contributed by atoms with E-state index in [2.05, 4.69) is 211 Å². The third kappa shape index (κ3) is 6.33. The van der Waals surface area contributed by atoms with E-state index in [0.29, 0.717) is 11.8 Å². The number of fused-ring (bicyclic) bond motifs is 4. The van der Waals surface area contributed by atoms with Crippen LogP contribution in [0.2, 0.25) is 0 Å². The monoisotopic (exact) mass is 760 g/mol. The molecule has 0 spiro atoms. The summed E-state index contributed by atoms with van der Waals surface area (Å²) in [5.74, 6) is 2.62. The second-order valence-corrected chi connectivity index (χ2v) is 17.0. The molecule has 1 nitrogen and oxygen atoms in total. The van der Waals surface area contributed by atoms with Crippen LogP contribution in [0, 0.1) is 13.8 Å². The molecular formula is C58H48O. The van der Waals surface area contributed by atoms with E-state index in [1.54, 1.807) is 0 Å². The van der Waals surface area contributed by atoms with Gasteiger partial charge in [0.1, 0.15) is 11.5 Å². The zero-order valence-electron chi connectivity index (χ0n) is 34.7. The Hall–Kier alpha value is -6.70. The van der Waals surface area contributed by atoms with Crippen LogP contribution in [0.4, 0.5) is 0 Å². The summed E-state index contributed by atoms with van der Waals surface area (Å²) in [5, 5.41) is 4.84. The van der Waals surface area contributed by atoms with E-state index in [1.807, 2.05) is 0 Å². The summed E-state index contributed by atoms with van der Waals surface area (Å²) in [7, 11) is 0. The van der Waals surface area contributed by atoms with Gasteiger partial charge in [0.15, 0.2) is 0 Å². The van der Waals surface area contributed by atoms with E-state index >= 15 is 0 Å². The molecule has 0 saturated heterocycles. The van der Waals surface area contributed by atoms with Crippen molar-refractivity contribution in [1.29, 1.82) is 0 Å². The van der Waals surface area contributed by atoms with E-state index in [0.717, 1.165) is 28.2 Å². The van der Waals surface area contributed by atoms with Crippen molar-refractivity contribution in [2.75, 3.05) is 0 Å². The van der Waals surface area contributed by atoms with Crippen molar-refractivity contribution in [1.82, 2.24) is 0 Å². The number of rotatable bonds is 7. The Morgan fingerprint density at radius 3 is 1.58 bits per heavy atom. The first-order chi connectivity index (χ1) is 28.7. The van der Waals surface area contributed by atoms with Crippen molar-refractivity contribution in [3.05, 3.63) is 192 Å². The molecule has 1 aliphatic rings. The highest BCUT2D eigenvalue weighted by molar-refractivity contribution is 6.16. The van der Waals surface area contributed by atoms with Crippen LogP contribution in [0.5, 0.6) is 11.5 Å². The fraction of sp³-hybridized carbons (Fsp3) is 0.138. The van der Waals surface area contributed by atoms with E-state index < -0.39 is 0 Å². The van der Waals surface area contributed by atoms with Crippen LogP contribution in [0.1, 0.15) is 61.8 Å². The molecular weight excluding hydrogens is 713 g/mol. The predicted octanol–water partition coefficient (Wildman–Crippen LogP) is 17.0. The molecule has 0 bridgehead atoms. The summed E-state index contributed by atoms with van der Waals surface area (Å²) in [4.78, 5) is 0. The van der Waals surface area contributed by atoms with Gasteiger partial charge in [0, 0.05) is 16.5 Å². The Balaban J connectivity index is 1.09. The molecule has 0 fully saturated rings. The number of para-hydroxylation sites is 1. The van der Waals surface area contributed by atoms with Crippen molar-refractivity contribution in [3.63, 3.8) is 0 Å². The SMILES string of the molecule is Cc1cccc(C)c1-c1cc(-c2cccc(-c3cccc(-c4cccc5c4Oc4cc6ccccc6c6cccc-5c46)c3)c2)cc(-c2c(C(C)C)cccc2C(C)C)c1. The Morgan fingerprint density at radius 2 is 0.864 bits per heavy atom. The Kier molecular flexibility index (Phi) is 9.06. The molecule has 9 aromatic rings. The molecule has 1 heteroatoms. The smallest absolute Gasteiger partial charge is 0.143 e. The van der Waals surface area contributed by atoms with Crippen LogP contribution in [0.15, 0.2) is 170 Å². The van der Waals surface area contributed by atoms with Crippen LogP contribution in [0.25, 0.3) is 88.3 Å². The largest absolute Gasteiger partial charge is 0.455 e. The predicted molar refractivity (Wildman–Crippen MR) is 252 cm³/mol. The number of benzene rings is 9. The van der Waals surface area contributed by atoms with Gasteiger partial charge < -0.3 is 4.74 Å². The van der Waals surface area contributed by atoms with Gasteiger partial charge in [0.05, 0.1) is 0 Å². The van der Waals surface area contributed by atoms with Crippen LogP contribution >= 0.6 is 0 Å². The Bertz CT molecular complexity index is 3060. The van der Waals surface area contributed by atoms with Gasteiger partial charge in [-0.05, 0) is 156 Å². The average molecular weight is 761 g/mol. The third-order valence-corrected chi connectivity index (χ3v) is 12.4. The van der Waals surface area contributed by atoms with Gasteiger partial charge >= 0.3 is 0 Å². The lowest BCUT2D eigenvalue weighted by Gasteiger charge is -2.24. The second-order valence-electron chi connectivity index (χ2n) is 17.0. The van der Waals surface area contributed by atoms with E-state index in [4.69, 9.17) is 4.74 Å². The minimum absolute atomic E-state index is 0.399. The average Bonchev–Trinajstić information content (AvgIpc) is 3.26.